The summed E-state index contributed by atoms with van der Waals surface area (Å²) >= 11 is 0. The Kier molecular flexibility index (Phi) is 6.52. The number of aliphatic hydroxyl groups excluding tert-OH is 1. The van der Waals surface area contributed by atoms with Gasteiger partial charge in [-0.05, 0) is 50.6 Å². The van der Waals surface area contributed by atoms with Crippen molar-refractivity contribution in [3.63, 3.8) is 0 Å². The number of nitrogens with one attached hydrogen (secondary N) is 1. The lowest BCUT2D eigenvalue weighted by atomic mass is 10.2. The average Bonchev–Trinajstić information content (AvgIpc) is 2.44. The molecule has 1 rings (SSSR count). The van der Waals surface area contributed by atoms with Crippen LogP contribution >= 0.6 is 0 Å². The summed E-state index contributed by atoms with van der Waals surface area (Å²) in [5, 5.41) is 21.4. The van der Waals surface area contributed by atoms with Crippen LogP contribution in [0.5, 0.6) is 5.75 Å². The zero-order valence-corrected chi connectivity index (χ0v) is 13.1. The van der Waals surface area contributed by atoms with E-state index in [1.807, 2.05) is 0 Å². The maximum atomic E-state index is 11.4. The molecule has 3 N–H and O–H groups in total. The van der Waals surface area contributed by atoms with Crippen LogP contribution in [0.2, 0.25) is 0 Å². The first-order chi connectivity index (χ1) is 10.7. The monoisotopic (exact) mass is 324 g/mol. The van der Waals surface area contributed by atoms with E-state index in [2.05, 4.69) is 10.5 Å². The molecule has 0 aliphatic carbocycles. The van der Waals surface area contributed by atoms with E-state index in [-0.39, 0.29) is 6.61 Å². The number of carbonyl (C=O) groups excluding carboxylic acids is 1. The van der Waals surface area contributed by atoms with Crippen molar-refractivity contribution < 1.29 is 29.3 Å². The fourth-order valence-electron chi connectivity index (χ4n) is 1.36. The highest BCUT2D eigenvalue weighted by Crippen LogP contribution is 2.11. The molecule has 0 saturated heterocycles. The molecule has 0 aliphatic heterocycles. The number of nitrogens with zero attached hydrogens (tertiary/aromatic N) is 1. The number of benzene rings is 1. The van der Waals surface area contributed by atoms with E-state index >= 15 is 0 Å². The summed E-state index contributed by atoms with van der Waals surface area (Å²) in [6.07, 6.45) is -0.814. The standard InChI is InChI=1S/C15H20N2O6/c1-15(2,3)23-14(21)17-16-8-10-4-6-11(7-5-10)22-9-12(18)13(19)20/h4-8,12,18H,9H2,1-3H3,(H,17,21)(H,19,20). The second-order valence-electron chi connectivity index (χ2n) is 5.61. The molecule has 0 spiro atoms. The zero-order chi connectivity index (χ0) is 17.5. The second-order valence-corrected chi connectivity index (χ2v) is 5.61. The SMILES string of the molecule is CC(C)(C)OC(=O)NN=Cc1ccc(OCC(O)C(=O)O)cc1. The first-order valence-corrected chi connectivity index (χ1v) is 6.83. The molecule has 1 atom stereocenters. The van der Waals surface area contributed by atoms with Gasteiger partial charge in [-0.2, -0.15) is 5.10 Å². The van der Waals surface area contributed by atoms with Gasteiger partial charge in [-0.3, -0.25) is 0 Å². The summed E-state index contributed by atoms with van der Waals surface area (Å²) in [7, 11) is 0. The maximum absolute atomic E-state index is 11.4. The molecule has 0 bridgehead atoms. The second kappa shape index (κ2) is 8.14. The molecule has 0 heterocycles. The van der Waals surface area contributed by atoms with Crippen molar-refractivity contribution in [3.05, 3.63) is 29.8 Å². The molecule has 23 heavy (non-hydrogen) atoms. The summed E-state index contributed by atoms with van der Waals surface area (Å²) in [6.45, 7) is 4.89. The molecule has 0 saturated carbocycles. The van der Waals surface area contributed by atoms with Crippen molar-refractivity contribution in [1.29, 1.82) is 0 Å². The van der Waals surface area contributed by atoms with Gasteiger partial charge in [0.2, 0.25) is 0 Å². The van der Waals surface area contributed by atoms with Gasteiger partial charge in [0, 0.05) is 0 Å². The third-order valence-corrected chi connectivity index (χ3v) is 2.34. The summed E-state index contributed by atoms with van der Waals surface area (Å²) in [5.74, 6) is -0.940. The highest BCUT2D eigenvalue weighted by Gasteiger charge is 2.15. The van der Waals surface area contributed by atoms with Crippen molar-refractivity contribution in [3.8, 4) is 5.75 Å². The van der Waals surface area contributed by atoms with Crippen molar-refractivity contribution in [2.75, 3.05) is 6.61 Å². The van der Waals surface area contributed by atoms with Gasteiger partial charge < -0.3 is 19.7 Å². The Morgan fingerprint density at radius 3 is 2.43 bits per heavy atom. The van der Waals surface area contributed by atoms with Gasteiger partial charge in [-0.25, -0.2) is 15.0 Å². The molecule has 8 heteroatoms. The van der Waals surface area contributed by atoms with E-state index in [0.29, 0.717) is 11.3 Å². The maximum Gasteiger partial charge on any atom is 0.428 e. The molecule has 1 aromatic carbocycles. The summed E-state index contributed by atoms with van der Waals surface area (Å²) in [4.78, 5) is 21.8. The fourth-order valence-corrected chi connectivity index (χ4v) is 1.36. The number of carboxylic acid groups (broad SMARTS) is 1. The molecule has 0 aliphatic rings. The van der Waals surface area contributed by atoms with E-state index in [0.717, 1.165) is 0 Å². The van der Waals surface area contributed by atoms with Gasteiger partial charge in [0.1, 0.15) is 18.0 Å². The van der Waals surface area contributed by atoms with Crippen LogP contribution in [0.4, 0.5) is 4.79 Å². The quantitative estimate of drug-likeness (QED) is 0.537. The number of aliphatic carboxylic acids is 1. The number of amides is 1. The van der Waals surface area contributed by atoms with Gasteiger partial charge in [0.15, 0.2) is 6.10 Å². The Balaban J connectivity index is 2.46. The molecular formula is C15H20N2O6. The first-order valence-electron chi connectivity index (χ1n) is 6.83. The number of carbonyl (C=O) groups is 2. The molecular weight excluding hydrogens is 304 g/mol. The highest BCUT2D eigenvalue weighted by molar-refractivity contribution is 5.81. The number of hydrogen-bond donors (Lipinski definition) is 3. The van der Waals surface area contributed by atoms with Gasteiger partial charge in [0.25, 0.3) is 0 Å². The molecule has 1 aromatic rings. The van der Waals surface area contributed by atoms with Crippen LogP contribution in [-0.2, 0) is 9.53 Å². The van der Waals surface area contributed by atoms with E-state index < -0.39 is 23.8 Å². The number of hydrogen-bond acceptors (Lipinski definition) is 6. The van der Waals surface area contributed by atoms with Gasteiger partial charge in [0.05, 0.1) is 6.21 Å². The van der Waals surface area contributed by atoms with Crippen LogP contribution in [0.15, 0.2) is 29.4 Å². The Hall–Kier alpha value is -2.61. The largest absolute Gasteiger partial charge is 0.490 e. The van der Waals surface area contributed by atoms with Crippen LogP contribution < -0.4 is 10.2 Å². The predicted molar refractivity (Wildman–Crippen MR) is 82.5 cm³/mol. The number of ether oxygens (including phenoxy) is 2. The number of rotatable bonds is 6. The predicted octanol–water partition coefficient (Wildman–Crippen LogP) is 1.37. The Morgan fingerprint density at radius 2 is 1.91 bits per heavy atom. The number of hydrazone groups is 1. The van der Waals surface area contributed by atoms with Crippen LogP contribution in [-0.4, -0.2) is 46.8 Å². The van der Waals surface area contributed by atoms with E-state index in [1.54, 1.807) is 45.0 Å². The van der Waals surface area contributed by atoms with E-state index in [9.17, 15) is 9.59 Å². The van der Waals surface area contributed by atoms with Crippen LogP contribution in [0, 0.1) is 0 Å². The molecule has 0 aromatic heterocycles. The Morgan fingerprint density at radius 1 is 1.30 bits per heavy atom. The highest BCUT2D eigenvalue weighted by atomic mass is 16.6. The Labute approximate surface area is 133 Å². The minimum absolute atomic E-state index is 0.344. The van der Waals surface area contributed by atoms with Crippen molar-refractivity contribution >= 4 is 18.3 Å². The lowest BCUT2D eigenvalue weighted by Crippen LogP contribution is -2.29. The number of carboxylic acids is 1. The smallest absolute Gasteiger partial charge is 0.428 e. The summed E-state index contributed by atoms with van der Waals surface area (Å²) in [6, 6.07) is 6.48. The molecule has 1 amide bonds. The van der Waals surface area contributed by atoms with Gasteiger partial charge in [-0.15, -0.1) is 0 Å². The topological polar surface area (TPSA) is 117 Å². The molecule has 8 nitrogen and oxygen atoms in total. The lowest BCUT2D eigenvalue weighted by molar-refractivity contribution is -0.148. The van der Waals surface area contributed by atoms with Crippen molar-refractivity contribution in [2.45, 2.75) is 32.5 Å². The first kappa shape index (κ1) is 18.4. The lowest BCUT2D eigenvalue weighted by Gasteiger charge is -2.18. The third-order valence-electron chi connectivity index (χ3n) is 2.34. The van der Waals surface area contributed by atoms with Crippen LogP contribution in [0.25, 0.3) is 0 Å². The molecule has 0 radical (unpaired) electrons. The molecule has 1 unspecified atom stereocenters. The third kappa shape index (κ3) is 7.82. The fraction of sp³-hybridized carbons (Fsp3) is 0.400. The molecule has 126 valence electrons. The minimum atomic E-state index is -1.57. The minimum Gasteiger partial charge on any atom is -0.490 e. The van der Waals surface area contributed by atoms with Gasteiger partial charge in [-0.1, -0.05) is 0 Å². The normalized spacial score (nSPS) is 12.7. The molecule has 0 fully saturated rings. The summed E-state index contributed by atoms with van der Waals surface area (Å²) < 4.78 is 10.1. The average molecular weight is 324 g/mol. The van der Waals surface area contributed by atoms with E-state index in [1.165, 1.54) is 6.21 Å². The number of aliphatic hydroxyl groups is 1. The van der Waals surface area contributed by atoms with E-state index in [4.69, 9.17) is 19.7 Å². The van der Waals surface area contributed by atoms with Crippen molar-refractivity contribution in [1.82, 2.24) is 5.43 Å². The van der Waals surface area contributed by atoms with Crippen LogP contribution in [0.1, 0.15) is 26.3 Å². The van der Waals surface area contributed by atoms with Crippen molar-refractivity contribution in [2.24, 2.45) is 5.10 Å². The summed E-state index contributed by atoms with van der Waals surface area (Å²) in [5.41, 5.74) is 2.32. The Bertz CT molecular complexity index is 562. The van der Waals surface area contributed by atoms with Crippen LogP contribution in [0.3, 0.4) is 0 Å². The van der Waals surface area contributed by atoms with Gasteiger partial charge >= 0.3 is 12.1 Å². The zero-order valence-electron chi connectivity index (χ0n) is 13.1.